The van der Waals surface area contributed by atoms with Gasteiger partial charge in [-0.3, -0.25) is 4.79 Å². The molecule has 0 fully saturated rings. The van der Waals surface area contributed by atoms with E-state index < -0.39 is 5.97 Å². The number of carbonyl (C=O) groups is 1. The molecule has 5 heteroatoms. The van der Waals surface area contributed by atoms with E-state index in [2.05, 4.69) is 10.1 Å². The zero-order valence-corrected chi connectivity index (χ0v) is 10.1. The molecule has 2 rings (SSSR count). The van der Waals surface area contributed by atoms with Crippen LogP contribution < -0.4 is 0 Å². The Bertz CT molecular complexity index is 531. The second kappa shape index (κ2) is 5.44. The highest BCUT2D eigenvalue weighted by atomic mass is 16.5. The van der Waals surface area contributed by atoms with E-state index in [9.17, 15) is 4.79 Å². The van der Waals surface area contributed by atoms with Crippen molar-refractivity contribution in [2.45, 2.75) is 26.2 Å². The zero-order valence-electron chi connectivity index (χ0n) is 10.1. The summed E-state index contributed by atoms with van der Waals surface area (Å²) < 4.78 is 4.91. The molecule has 94 valence electrons. The molecule has 0 spiro atoms. The molecule has 0 unspecified atom stereocenters. The molecule has 0 saturated carbocycles. The Balaban J connectivity index is 1.99. The predicted octanol–water partition coefficient (Wildman–Crippen LogP) is 2.45. The lowest BCUT2D eigenvalue weighted by Crippen LogP contribution is -1.95. The van der Waals surface area contributed by atoms with Crippen molar-refractivity contribution < 1.29 is 14.4 Å². The highest BCUT2D eigenvalue weighted by Crippen LogP contribution is 2.17. The third-order valence-electron chi connectivity index (χ3n) is 2.60. The lowest BCUT2D eigenvalue weighted by molar-refractivity contribution is -0.137. The summed E-state index contributed by atoms with van der Waals surface area (Å²) in [6.07, 6.45) is 1.61. The molecule has 0 aliphatic heterocycles. The molecule has 1 N–H and O–H groups in total. The van der Waals surface area contributed by atoms with Crippen LogP contribution in [0.5, 0.6) is 0 Å². The average Bonchev–Trinajstić information content (AvgIpc) is 2.76. The van der Waals surface area contributed by atoms with Gasteiger partial charge < -0.3 is 9.63 Å². The van der Waals surface area contributed by atoms with E-state index in [4.69, 9.17) is 9.63 Å². The summed E-state index contributed by atoms with van der Waals surface area (Å²) in [7, 11) is 0. The van der Waals surface area contributed by atoms with E-state index in [1.54, 1.807) is 6.92 Å². The van der Waals surface area contributed by atoms with Crippen molar-refractivity contribution in [1.82, 2.24) is 10.1 Å². The molecule has 1 heterocycles. The van der Waals surface area contributed by atoms with Crippen LogP contribution in [0.25, 0.3) is 11.4 Å². The SMILES string of the molecule is Cc1nc(-c2ccc(CCCC(=O)O)cc2)no1. The van der Waals surface area contributed by atoms with E-state index in [-0.39, 0.29) is 6.42 Å². The van der Waals surface area contributed by atoms with E-state index >= 15 is 0 Å². The van der Waals surface area contributed by atoms with Crippen molar-refractivity contribution in [3.63, 3.8) is 0 Å². The van der Waals surface area contributed by atoms with Gasteiger partial charge in [0.2, 0.25) is 11.7 Å². The van der Waals surface area contributed by atoms with Crippen LogP contribution in [-0.2, 0) is 11.2 Å². The number of nitrogens with zero attached hydrogens (tertiary/aromatic N) is 2. The monoisotopic (exact) mass is 246 g/mol. The second-order valence-electron chi connectivity index (χ2n) is 4.08. The van der Waals surface area contributed by atoms with Gasteiger partial charge in [0.25, 0.3) is 0 Å². The highest BCUT2D eigenvalue weighted by molar-refractivity contribution is 5.66. The average molecular weight is 246 g/mol. The number of carboxylic acid groups (broad SMARTS) is 1. The quantitative estimate of drug-likeness (QED) is 0.876. The van der Waals surface area contributed by atoms with Gasteiger partial charge in [-0.1, -0.05) is 29.4 Å². The number of aromatic nitrogens is 2. The van der Waals surface area contributed by atoms with Crippen LogP contribution in [0.1, 0.15) is 24.3 Å². The van der Waals surface area contributed by atoms with Crippen LogP contribution in [-0.4, -0.2) is 21.2 Å². The summed E-state index contributed by atoms with van der Waals surface area (Å²) in [5.74, 6) is 0.356. The first-order chi connectivity index (χ1) is 8.65. The van der Waals surface area contributed by atoms with E-state index in [0.717, 1.165) is 17.5 Å². The Kier molecular flexibility index (Phi) is 3.72. The van der Waals surface area contributed by atoms with E-state index in [1.807, 2.05) is 24.3 Å². The van der Waals surface area contributed by atoms with Crippen LogP contribution in [0.3, 0.4) is 0 Å². The summed E-state index contributed by atoms with van der Waals surface area (Å²) in [5, 5.41) is 12.4. The summed E-state index contributed by atoms with van der Waals surface area (Å²) in [5.41, 5.74) is 2.01. The van der Waals surface area contributed by atoms with Crippen molar-refractivity contribution in [2.75, 3.05) is 0 Å². The van der Waals surface area contributed by atoms with Crippen molar-refractivity contribution in [3.05, 3.63) is 35.7 Å². The largest absolute Gasteiger partial charge is 0.481 e. The molecule has 0 amide bonds. The zero-order chi connectivity index (χ0) is 13.0. The number of hydrogen-bond donors (Lipinski definition) is 1. The van der Waals surface area contributed by atoms with Crippen LogP contribution in [0, 0.1) is 6.92 Å². The van der Waals surface area contributed by atoms with Gasteiger partial charge in [0.1, 0.15) is 0 Å². The summed E-state index contributed by atoms with van der Waals surface area (Å²) in [6, 6.07) is 7.76. The fraction of sp³-hybridized carbons (Fsp3) is 0.308. The van der Waals surface area contributed by atoms with Gasteiger partial charge in [0, 0.05) is 18.9 Å². The topological polar surface area (TPSA) is 76.2 Å². The number of carboxylic acids is 1. The molecular formula is C13H14N2O3. The minimum Gasteiger partial charge on any atom is -0.481 e. The molecule has 0 aliphatic carbocycles. The van der Waals surface area contributed by atoms with E-state index in [0.29, 0.717) is 18.1 Å². The first-order valence-corrected chi connectivity index (χ1v) is 5.76. The fourth-order valence-corrected chi connectivity index (χ4v) is 1.68. The molecule has 18 heavy (non-hydrogen) atoms. The van der Waals surface area contributed by atoms with Gasteiger partial charge in [-0.25, -0.2) is 0 Å². The van der Waals surface area contributed by atoms with E-state index in [1.165, 1.54) is 0 Å². The number of aryl methyl sites for hydroxylation is 2. The Morgan fingerprint density at radius 1 is 1.33 bits per heavy atom. The van der Waals surface area contributed by atoms with Crippen molar-refractivity contribution >= 4 is 5.97 Å². The molecule has 5 nitrogen and oxygen atoms in total. The summed E-state index contributed by atoms with van der Waals surface area (Å²) in [6.45, 7) is 1.75. The first kappa shape index (κ1) is 12.3. The molecule has 0 radical (unpaired) electrons. The first-order valence-electron chi connectivity index (χ1n) is 5.76. The summed E-state index contributed by atoms with van der Waals surface area (Å²) in [4.78, 5) is 14.5. The smallest absolute Gasteiger partial charge is 0.303 e. The number of benzene rings is 1. The number of hydrogen-bond acceptors (Lipinski definition) is 4. The third kappa shape index (κ3) is 3.16. The van der Waals surface area contributed by atoms with Gasteiger partial charge in [0.15, 0.2) is 0 Å². The molecular weight excluding hydrogens is 232 g/mol. The molecule has 0 saturated heterocycles. The third-order valence-corrected chi connectivity index (χ3v) is 2.60. The molecule has 1 aromatic heterocycles. The van der Waals surface area contributed by atoms with Crippen LogP contribution in [0.15, 0.2) is 28.8 Å². The van der Waals surface area contributed by atoms with Crippen molar-refractivity contribution in [1.29, 1.82) is 0 Å². The Hall–Kier alpha value is -2.17. The Labute approximate surface area is 104 Å². The van der Waals surface area contributed by atoms with Crippen LogP contribution in [0.4, 0.5) is 0 Å². The lowest BCUT2D eigenvalue weighted by Gasteiger charge is -2.00. The maximum absolute atomic E-state index is 10.4. The molecule has 1 aromatic carbocycles. The lowest BCUT2D eigenvalue weighted by atomic mass is 10.1. The minimum atomic E-state index is -0.756. The van der Waals surface area contributed by atoms with Gasteiger partial charge in [-0.2, -0.15) is 4.98 Å². The van der Waals surface area contributed by atoms with Crippen molar-refractivity contribution in [2.24, 2.45) is 0 Å². The maximum atomic E-state index is 10.4. The molecule has 0 aliphatic rings. The van der Waals surface area contributed by atoms with Gasteiger partial charge in [-0.15, -0.1) is 0 Å². The molecule has 0 bridgehead atoms. The minimum absolute atomic E-state index is 0.200. The van der Waals surface area contributed by atoms with Crippen LogP contribution in [0.2, 0.25) is 0 Å². The van der Waals surface area contributed by atoms with Gasteiger partial charge in [-0.05, 0) is 18.4 Å². The number of aliphatic carboxylic acids is 1. The van der Waals surface area contributed by atoms with Gasteiger partial charge >= 0.3 is 5.97 Å². The van der Waals surface area contributed by atoms with Crippen molar-refractivity contribution in [3.8, 4) is 11.4 Å². The standard InChI is InChI=1S/C13H14N2O3/c1-9-14-13(15-18-9)11-7-5-10(6-8-11)3-2-4-12(16)17/h5-8H,2-4H2,1H3,(H,16,17). The Morgan fingerprint density at radius 2 is 2.06 bits per heavy atom. The molecule has 0 atom stereocenters. The Morgan fingerprint density at radius 3 is 2.61 bits per heavy atom. The van der Waals surface area contributed by atoms with Crippen LogP contribution >= 0.6 is 0 Å². The maximum Gasteiger partial charge on any atom is 0.303 e. The molecule has 2 aromatic rings. The normalized spacial score (nSPS) is 10.5. The van der Waals surface area contributed by atoms with Gasteiger partial charge in [0.05, 0.1) is 0 Å². The predicted molar refractivity (Wildman–Crippen MR) is 65.0 cm³/mol. The second-order valence-corrected chi connectivity index (χ2v) is 4.08. The summed E-state index contributed by atoms with van der Waals surface area (Å²) >= 11 is 0. The highest BCUT2D eigenvalue weighted by Gasteiger charge is 2.05. The number of rotatable bonds is 5. The fourth-order valence-electron chi connectivity index (χ4n) is 1.68.